The Morgan fingerprint density at radius 3 is 2.40 bits per heavy atom. The van der Waals surface area contributed by atoms with Gasteiger partial charge in [0.1, 0.15) is 5.75 Å². The lowest BCUT2D eigenvalue weighted by Crippen LogP contribution is -2.13. The van der Waals surface area contributed by atoms with Crippen LogP contribution in [0.3, 0.4) is 0 Å². The van der Waals surface area contributed by atoms with Crippen molar-refractivity contribution >= 4 is 5.91 Å². The van der Waals surface area contributed by atoms with Gasteiger partial charge in [-0.2, -0.15) is 0 Å². The average molecular weight is 412 g/mol. The first kappa shape index (κ1) is 21.6. The van der Waals surface area contributed by atoms with Crippen molar-refractivity contribution in [2.75, 3.05) is 7.11 Å². The van der Waals surface area contributed by atoms with E-state index in [-0.39, 0.29) is 0 Å². The Kier molecular flexibility index (Phi) is 6.25. The maximum atomic E-state index is 13.8. The highest BCUT2D eigenvalue weighted by atomic mass is 19.2. The van der Waals surface area contributed by atoms with Crippen LogP contribution in [0.4, 0.5) is 8.78 Å². The Hall–Kier alpha value is -3.15. The van der Waals surface area contributed by atoms with Crippen molar-refractivity contribution in [3.63, 3.8) is 0 Å². The summed E-state index contributed by atoms with van der Waals surface area (Å²) in [6.07, 6.45) is 1.56. The first-order valence-electron chi connectivity index (χ1n) is 9.89. The first-order chi connectivity index (χ1) is 14.3. The summed E-state index contributed by atoms with van der Waals surface area (Å²) in [6.45, 7) is 6.14. The van der Waals surface area contributed by atoms with E-state index in [1.165, 1.54) is 6.07 Å². The van der Waals surface area contributed by atoms with Gasteiger partial charge in [0.05, 0.1) is 12.7 Å². The molecule has 0 bridgehead atoms. The highest BCUT2D eigenvalue weighted by molar-refractivity contribution is 6.02. The van der Waals surface area contributed by atoms with Crippen LogP contribution in [-0.2, 0) is 13.0 Å². The second-order valence-electron chi connectivity index (χ2n) is 7.42. The number of nitrogens with two attached hydrogens (primary N) is 1. The summed E-state index contributed by atoms with van der Waals surface area (Å²) in [4.78, 5) is 12.4. The number of carbonyl (C=O) groups excluding carboxylic acids is 1. The van der Waals surface area contributed by atoms with Crippen LogP contribution in [0, 0.1) is 25.5 Å². The second-order valence-corrected chi connectivity index (χ2v) is 7.42. The number of methoxy groups -OCH3 is 1. The Morgan fingerprint density at radius 1 is 1.10 bits per heavy atom. The zero-order valence-electron chi connectivity index (χ0n) is 17.7. The summed E-state index contributed by atoms with van der Waals surface area (Å²) < 4.78 is 34.4. The average Bonchev–Trinajstić information content (AvgIpc) is 2.97. The van der Waals surface area contributed by atoms with Gasteiger partial charge in [0.2, 0.25) is 0 Å². The van der Waals surface area contributed by atoms with Crippen LogP contribution in [0.2, 0.25) is 0 Å². The summed E-state index contributed by atoms with van der Waals surface area (Å²) in [5.41, 5.74) is 11.1. The van der Waals surface area contributed by atoms with Crippen molar-refractivity contribution in [1.29, 1.82) is 0 Å². The molecular formula is C24H26F2N2O2. The topological polar surface area (TPSA) is 57.2 Å². The summed E-state index contributed by atoms with van der Waals surface area (Å²) in [5.74, 6) is -1.54. The molecule has 0 atom stereocenters. The monoisotopic (exact) mass is 412 g/mol. The quantitative estimate of drug-likeness (QED) is 0.583. The standard InChI is InChI=1S/C24H26F2N2O2/c1-5-6-20-23(17-8-10-21(30-4)14(2)11-17)22(24(27)29)15(3)28(20)13-16-7-9-18(25)19(26)12-16/h7-12H,5-6,13H2,1-4H3,(H2,27,29). The van der Waals surface area contributed by atoms with Gasteiger partial charge in [-0.3, -0.25) is 4.79 Å². The molecule has 0 fully saturated rings. The zero-order valence-corrected chi connectivity index (χ0v) is 17.7. The molecule has 30 heavy (non-hydrogen) atoms. The van der Waals surface area contributed by atoms with Crippen LogP contribution < -0.4 is 10.5 Å². The highest BCUT2D eigenvalue weighted by Gasteiger charge is 2.25. The summed E-state index contributed by atoms with van der Waals surface area (Å²) >= 11 is 0. The predicted octanol–water partition coefficient (Wildman–Crippen LogP) is 5.16. The van der Waals surface area contributed by atoms with Gasteiger partial charge in [-0.1, -0.05) is 25.5 Å². The molecule has 0 saturated carbocycles. The number of hydrogen-bond acceptors (Lipinski definition) is 2. The number of aromatic nitrogens is 1. The molecule has 158 valence electrons. The number of benzene rings is 2. The normalized spacial score (nSPS) is 11.0. The predicted molar refractivity (Wildman–Crippen MR) is 114 cm³/mol. The minimum absolute atomic E-state index is 0.313. The van der Waals surface area contributed by atoms with Gasteiger partial charge in [-0.05, 0) is 61.2 Å². The molecule has 3 rings (SSSR count). The van der Waals surface area contributed by atoms with E-state index in [2.05, 4.69) is 6.92 Å². The maximum absolute atomic E-state index is 13.8. The molecule has 0 radical (unpaired) electrons. The molecule has 1 aromatic heterocycles. The van der Waals surface area contributed by atoms with Crippen molar-refractivity contribution in [1.82, 2.24) is 4.57 Å². The molecule has 1 amide bonds. The van der Waals surface area contributed by atoms with Crippen LogP contribution in [0.5, 0.6) is 5.75 Å². The molecular weight excluding hydrogens is 386 g/mol. The molecule has 3 aromatic rings. The number of ether oxygens (including phenoxy) is 1. The molecule has 1 heterocycles. The van der Waals surface area contributed by atoms with Crippen molar-refractivity contribution in [3.05, 3.63) is 76.1 Å². The first-order valence-corrected chi connectivity index (χ1v) is 9.89. The summed E-state index contributed by atoms with van der Waals surface area (Å²) in [5, 5.41) is 0. The largest absolute Gasteiger partial charge is 0.496 e. The van der Waals surface area contributed by atoms with Gasteiger partial charge in [-0.15, -0.1) is 0 Å². The molecule has 0 aliphatic carbocycles. The molecule has 4 nitrogen and oxygen atoms in total. The van der Waals surface area contributed by atoms with E-state index < -0.39 is 17.5 Å². The Bertz CT molecular complexity index is 1100. The SMILES string of the molecule is CCCc1c(-c2ccc(OC)c(C)c2)c(C(N)=O)c(C)n1Cc1ccc(F)c(F)c1. The van der Waals surface area contributed by atoms with Crippen molar-refractivity contribution in [2.45, 2.75) is 40.2 Å². The number of nitrogens with zero attached hydrogens (tertiary/aromatic N) is 1. The fourth-order valence-electron chi connectivity index (χ4n) is 3.98. The van der Waals surface area contributed by atoms with E-state index in [9.17, 15) is 13.6 Å². The molecule has 2 aromatic carbocycles. The van der Waals surface area contributed by atoms with Gasteiger partial charge < -0.3 is 15.0 Å². The van der Waals surface area contributed by atoms with E-state index >= 15 is 0 Å². The third kappa shape index (κ3) is 3.95. The third-order valence-electron chi connectivity index (χ3n) is 5.37. The fourth-order valence-corrected chi connectivity index (χ4v) is 3.98. The second kappa shape index (κ2) is 8.69. The smallest absolute Gasteiger partial charge is 0.251 e. The Labute approximate surface area is 175 Å². The Balaban J connectivity index is 2.23. The molecule has 0 aliphatic rings. The van der Waals surface area contributed by atoms with E-state index in [0.29, 0.717) is 29.8 Å². The lowest BCUT2D eigenvalue weighted by molar-refractivity contribution is 0.1000. The van der Waals surface area contributed by atoms with Crippen molar-refractivity contribution < 1.29 is 18.3 Å². The number of primary amides is 1. The number of rotatable bonds is 7. The van der Waals surface area contributed by atoms with Gasteiger partial charge >= 0.3 is 0 Å². The van der Waals surface area contributed by atoms with Crippen LogP contribution in [-0.4, -0.2) is 17.6 Å². The lowest BCUT2D eigenvalue weighted by atomic mass is 9.96. The fraction of sp³-hybridized carbons (Fsp3) is 0.292. The zero-order chi connectivity index (χ0) is 22.0. The van der Waals surface area contributed by atoms with E-state index in [4.69, 9.17) is 10.5 Å². The van der Waals surface area contributed by atoms with E-state index in [1.807, 2.05) is 36.6 Å². The van der Waals surface area contributed by atoms with E-state index in [1.54, 1.807) is 13.2 Å². The van der Waals surface area contributed by atoms with Gasteiger partial charge in [0, 0.05) is 23.5 Å². The van der Waals surface area contributed by atoms with E-state index in [0.717, 1.165) is 40.6 Å². The minimum atomic E-state index is -0.893. The van der Waals surface area contributed by atoms with Crippen molar-refractivity contribution in [2.24, 2.45) is 5.73 Å². The summed E-state index contributed by atoms with van der Waals surface area (Å²) in [6, 6.07) is 9.61. The van der Waals surface area contributed by atoms with Crippen LogP contribution in [0.1, 0.15) is 46.2 Å². The minimum Gasteiger partial charge on any atom is -0.496 e. The molecule has 2 N–H and O–H groups in total. The molecule has 0 unspecified atom stereocenters. The molecule has 0 saturated heterocycles. The van der Waals surface area contributed by atoms with Gasteiger partial charge in [-0.25, -0.2) is 8.78 Å². The van der Waals surface area contributed by atoms with Crippen molar-refractivity contribution in [3.8, 4) is 16.9 Å². The number of hydrogen-bond donors (Lipinski definition) is 1. The van der Waals surface area contributed by atoms with Gasteiger partial charge in [0.15, 0.2) is 11.6 Å². The molecule has 0 aliphatic heterocycles. The number of halogens is 2. The Morgan fingerprint density at radius 2 is 1.83 bits per heavy atom. The highest BCUT2D eigenvalue weighted by Crippen LogP contribution is 2.36. The van der Waals surface area contributed by atoms with Crippen LogP contribution >= 0.6 is 0 Å². The third-order valence-corrected chi connectivity index (χ3v) is 5.37. The molecule has 6 heteroatoms. The van der Waals surface area contributed by atoms with Gasteiger partial charge in [0.25, 0.3) is 5.91 Å². The lowest BCUT2D eigenvalue weighted by Gasteiger charge is -2.14. The number of aryl methyl sites for hydroxylation is 1. The number of carbonyl (C=O) groups is 1. The van der Waals surface area contributed by atoms with Crippen LogP contribution in [0.25, 0.3) is 11.1 Å². The maximum Gasteiger partial charge on any atom is 0.251 e. The van der Waals surface area contributed by atoms with Crippen LogP contribution in [0.15, 0.2) is 36.4 Å². The molecule has 0 spiro atoms. The summed E-state index contributed by atoms with van der Waals surface area (Å²) in [7, 11) is 1.61. The number of amides is 1.